The average Bonchev–Trinajstić information content (AvgIpc) is 3.04. The molecule has 162 valence electrons. The van der Waals surface area contributed by atoms with Gasteiger partial charge < -0.3 is 5.11 Å². The molecule has 2 aliphatic rings. The normalized spacial score (nSPS) is 20.9. The van der Waals surface area contributed by atoms with Crippen molar-refractivity contribution in [2.24, 2.45) is 0 Å². The SMILES string of the molecule is Cc1ccc(N2C(=O)N(c3ccc(C#N)cc3)C3(CCC3)C2(O)c2cccc(C#N)c2)cc1. The monoisotopic (exact) mass is 434 g/mol. The predicted molar refractivity (Wildman–Crippen MR) is 124 cm³/mol. The molecule has 1 unspecified atom stereocenters. The van der Waals surface area contributed by atoms with Gasteiger partial charge in [0.05, 0.1) is 23.3 Å². The molecule has 0 radical (unpaired) electrons. The second-order valence-electron chi connectivity index (χ2n) is 8.70. The lowest BCUT2D eigenvalue weighted by molar-refractivity contribution is -0.0524. The summed E-state index contributed by atoms with van der Waals surface area (Å²) in [4.78, 5) is 17.2. The summed E-state index contributed by atoms with van der Waals surface area (Å²) in [5.74, 6) is 0. The highest BCUT2D eigenvalue weighted by Gasteiger charge is 2.70. The van der Waals surface area contributed by atoms with Gasteiger partial charge in [0.25, 0.3) is 0 Å². The van der Waals surface area contributed by atoms with E-state index in [2.05, 4.69) is 12.1 Å². The fourth-order valence-electron chi connectivity index (χ4n) is 5.11. The van der Waals surface area contributed by atoms with Crippen molar-refractivity contribution in [3.63, 3.8) is 0 Å². The van der Waals surface area contributed by atoms with Gasteiger partial charge in [-0.05, 0) is 74.7 Å². The molecule has 1 N–H and O–H groups in total. The lowest BCUT2D eigenvalue weighted by Gasteiger charge is -2.52. The third-order valence-corrected chi connectivity index (χ3v) is 6.90. The average molecular weight is 434 g/mol. The van der Waals surface area contributed by atoms with Crippen LogP contribution in [0.3, 0.4) is 0 Å². The minimum absolute atomic E-state index is 0.340. The quantitative estimate of drug-likeness (QED) is 0.631. The van der Waals surface area contributed by atoms with E-state index in [1.165, 1.54) is 4.90 Å². The number of hydrogen-bond acceptors (Lipinski definition) is 4. The molecule has 3 aromatic rings. The Balaban J connectivity index is 1.76. The minimum Gasteiger partial charge on any atom is -0.364 e. The first-order valence-electron chi connectivity index (χ1n) is 10.9. The zero-order valence-electron chi connectivity index (χ0n) is 18.2. The smallest absolute Gasteiger partial charge is 0.332 e. The zero-order chi connectivity index (χ0) is 23.2. The van der Waals surface area contributed by atoms with Crippen molar-refractivity contribution in [3.05, 3.63) is 95.1 Å². The van der Waals surface area contributed by atoms with Gasteiger partial charge in [0.1, 0.15) is 5.54 Å². The molecule has 0 aromatic heterocycles. The fraction of sp³-hybridized carbons (Fsp3) is 0.222. The van der Waals surface area contributed by atoms with Gasteiger partial charge in [-0.2, -0.15) is 10.5 Å². The molecule has 6 heteroatoms. The molecular weight excluding hydrogens is 412 g/mol. The highest BCUT2D eigenvalue weighted by atomic mass is 16.3. The van der Waals surface area contributed by atoms with Crippen molar-refractivity contribution in [3.8, 4) is 12.1 Å². The van der Waals surface area contributed by atoms with Crippen molar-refractivity contribution in [1.29, 1.82) is 10.5 Å². The highest BCUT2D eigenvalue weighted by Crippen LogP contribution is 2.59. The summed E-state index contributed by atoms with van der Waals surface area (Å²) in [7, 11) is 0. The summed E-state index contributed by atoms with van der Waals surface area (Å²) < 4.78 is 0. The Morgan fingerprint density at radius 2 is 1.45 bits per heavy atom. The summed E-state index contributed by atoms with van der Waals surface area (Å²) >= 11 is 0. The number of hydrogen-bond donors (Lipinski definition) is 1. The second-order valence-corrected chi connectivity index (χ2v) is 8.70. The molecule has 33 heavy (non-hydrogen) atoms. The molecule has 1 spiro atoms. The van der Waals surface area contributed by atoms with Gasteiger partial charge in [0.2, 0.25) is 0 Å². The van der Waals surface area contributed by atoms with Crippen LogP contribution in [0.1, 0.15) is 41.5 Å². The maximum atomic E-state index is 14.1. The Hall–Kier alpha value is -4.13. The molecule has 1 atom stereocenters. The van der Waals surface area contributed by atoms with E-state index in [0.717, 1.165) is 12.0 Å². The van der Waals surface area contributed by atoms with Crippen molar-refractivity contribution < 1.29 is 9.90 Å². The number of nitrogens with zero attached hydrogens (tertiary/aromatic N) is 4. The van der Waals surface area contributed by atoms with E-state index in [4.69, 9.17) is 0 Å². The molecule has 6 nitrogen and oxygen atoms in total. The number of aliphatic hydroxyl groups is 1. The van der Waals surface area contributed by atoms with Gasteiger partial charge in [0.15, 0.2) is 5.72 Å². The molecule has 3 aromatic carbocycles. The maximum absolute atomic E-state index is 14.1. The first kappa shape index (κ1) is 20.8. The van der Waals surface area contributed by atoms with Crippen LogP contribution in [-0.4, -0.2) is 16.7 Å². The molecule has 5 rings (SSSR count). The largest absolute Gasteiger partial charge is 0.364 e. The number of aryl methyl sites for hydroxylation is 1. The van der Waals surface area contributed by atoms with Gasteiger partial charge >= 0.3 is 6.03 Å². The number of amides is 2. The summed E-state index contributed by atoms with van der Waals surface area (Å²) in [6, 6.07) is 25.1. The van der Waals surface area contributed by atoms with Crippen molar-refractivity contribution in [1.82, 2.24) is 0 Å². The lowest BCUT2D eigenvalue weighted by atomic mass is 9.66. The molecule has 1 aliphatic carbocycles. The van der Waals surface area contributed by atoms with Crippen LogP contribution in [0, 0.1) is 29.6 Å². The minimum atomic E-state index is -1.68. The molecule has 1 saturated heterocycles. The Morgan fingerprint density at radius 1 is 0.848 bits per heavy atom. The number of benzene rings is 3. The van der Waals surface area contributed by atoms with Crippen LogP contribution in [0.2, 0.25) is 0 Å². The Bertz CT molecular complexity index is 1310. The van der Waals surface area contributed by atoms with E-state index in [1.54, 1.807) is 53.4 Å². The fourth-order valence-corrected chi connectivity index (χ4v) is 5.11. The van der Waals surface area contributed by atoms with Crippen LogP contribution < -0.4 is 9.80 Å². The standard InChI is InChI=1S/C27H22N4O2/c1-19-6-10-24(11-7-19)31-25(32)30(23-12-8-20(17-28)9-13-23)26(14-3-15-26)27(31,33)22-5-2-4-21(16-22)18-29/h2,4-13,16,33H,3,14-15H2,1H3. The van der Waals surface area contributed by atoms with Crippen LogP contribution in [0.5, 0.6) is 0 Å². The molecular formula is C27H22N4O2. The van der Waals surface area contributed by atoms with E-state index < -0.39 is 11.3 Å². The second kappa shape index (κ2) is 7.48. The molecule has 0 bridgehead atoms. The van der Waals surface area contributed by atoms with Crippen molar-refractivity contribution in [2.75, 3.05) is 9.80 Å². The van der Waals surface area contributed by atoms with Crippen LogP contribution in [-0.2, 0) is 5.72 Å². The van der Waals surface area contributed by atoms with E-state index in [0.29, 0.717) is 40.9 Å². The van der Waals surface area contributed by atoms with E-state index in [1.807, 2.05) is 31.2 Å². The molecule has 1 heterocycles. The Morgan fingerprint density at radius 3 is 2.03 bits per heavy atom. The van der Waals surface area contributed by atoms with Crippen LogP contribution in [0.15, 0.2) is 72.8 Å². The van der Waals surface area contributed by atoms with Gasteiger partial charge in [-0.3, -0.25) is 9.80 Å². The third-order valence-electron chi connectivity index (χ3n) is 6.90. The number of rotatable bonds is 3. The number of carbonyl (C=O) groups excluding carboxylic acids is 1. The lowest BCUT2D eigenvalue weighted by Crippen LogP contribution is -2.63. The Kier molecular flexibility index (Phi) is 4.70. The molecule has 1 saturated carbocycles. The van der Waals surface area contributed by atoms with Gasteiger partial charge in [-0.25, -0.2) is 4.79 Å². The molecule has 2 amide bonds. The number of carbonyl (C=O) groups is 1. The molecule has 2 fully saturated rings. The third kappa shape index (κ3) is 2.85. The highest BCUT2D eigenvalue weighted by molar-refractivity contribution is 6.09. The zero-order valence-corrected chi connectivity index (χ0v) is 18.2. The van der Waals surface area contributed by atoms with Crippen LogP contribution in [0.4, 0.5) is 16.2 Å². The first-order valence-corrected chi connectivity index (χ1v) is 10.9. The van der Waals surface area contributed by atoms with Crippen LogP contribution in [0.25, 0.3) is 0 Å². The van der Waals surface area contributed by atoms with Gasteiger partial charge in [0, 0.05) is 16.9 Å². The number of urea groups is 1. The summed E-state index contributed by atoms with van der Waals surface area (Å²) in [5.41, 5.74) is 1.09. The predicted octanol–water partition coefficient (Wildman–Crippen LogP) is 4.95. The maximum Gasteiger partial charge on any atom is 0.332 e. The number of nitriles is 2. The van der Waals surface area contributed by atoms with E-state index in [9.17, 15) is 20.4 Å². The van der Waals surface area contributed by atoms with Crippen molar-refractivity contribution in [2.45, 2.75) is 37.5 Å². The van der Waals surface area contributed by atoms with E-state index >= 15 is 0 Å². The van der Waals surface area contributed by atoms with Crippen molar-refractivity contribution >= 4 is 17.4 Å². The molecule has 1 aliphatic heterocycles. The summed E-state index contributed by atoms with van der Waals surface area (Å²) in [6.45, 7) is 1.97. The number of anilines is 2. The van der Waals surface area contributed by atoms with Gasteiger partial charge in [-0.15, -0.1) is 0 Å². The van der Waals surface area contributed by atoms with E-state index in [-0.39, 0.29) is 6.03 Å². The first-order chi connectivity index (χ1) is 15.9. The van der Waals surface area contributed by atoms with Crippen LogP contribution >= 0.6 is 0 Å². The summed E-state index contributed by atoms with van der Waals surface area (Å²) in [5, 5.41) is 31.2. The topological polar surface area (TPSA) is 91.4 Å². The Labute approximate surface area is 192 Å². The summed E-state index contributed by atoms with van der Waals surface area (Å²) in [6.07, 6.45) is 2.07. The van der Waals surface area contributed by atoms with Gasteiger partial charge in [-0.1, -0.05) is 29.8 Å².